The second-order valence-corrected chi connectivity index (χ2v) is 3.20. The fourth-order valence-corrected chi connectivity index (χ4v) is 0.771. The zero-order valence-electron chi connectivity index (χ0n) is 7.15. The molecule has 0 saturated carbocycles. The third-order valence-corrected chi connectivity index (χ3v) is 1.12. The molecule has 80 valence electrons. The van der Waals surface area contributed by atoms with Crippen LogP contribution in [0.15, 0.2) is 22.8 Å². The molecule has 7 nitrogen and oxygen atoms in total. The fourth-order valence-electron chi connectivity index (χ4n) is 0.433. The molecule has 0 unspecified atom stereocenters. The summed E-state index contributed by atoms with van der Waals surface area (Å²) in [5, 5.41) is 7.42. The molecule has 0 atom stereocenters. The number of furan rings is 1. The van der Waals surface area contributed by atoms with Gasteiger partial charge >= 0.3 is 7.82 Å². The lowest BCUT2D eigenvalue weighted by Crippen LogP contribution is -1.87. The maximum atomic E-state index is 10.1. The van der Waals surface area contributed by atoms with Crippen LogP contribution in [0.4, 0.5) is 0 Å². The fraction of sp³-hybridized carbons (Fsp3) is 0.167. The Morgan fingerprint density at radius 2 is 2.07 bits per heavy atom. The number of hydrogen-bond donors (Lipinski definition) is 3. The summed E-state index contributed by atoms with van der Waals surface area (Å²) < 4.78 is 18.6. The number of hydrogen-bond acceptors (Lipinski definition) is 4. The predicted octanol–water partition coefficient (Wildman–Crippen LogP) is 0.842. The Morgan fingerprint density at radius 1 is 1.57 bits per heavy atom. The Labute approximate surface area is 79.2 Å². The first-order valence-corrected chi connectivity index (χ1v) is 4.82. The molecule has 8 heteroatoms. The van der Waals surface area contributed by atoms with E-state index in [0.29, 0.717) is 0 Å². The van der Waals surface area contributed by atoms with Gasteiger partial charge in [0.05, 0.1) is 6.26 Å². The SMILES string of the molecule is CC(=O)O.O=P(O)(O)Oc1ccco1. The molecule has 0 fully saturated rings. The predicted molar refractivity (Wildman–Crippen MR) is 44.7 cm³/mol. The topological polar surface area (TPSA) is 117 Å². The average molecular weight is 224 g/mol. The minimum absolute atomic E-state index is 0.187. The molecule has 0 aliphatic rings. The van der Waals surface area contributed by atoms with Gasteiger partial charge in [0.1, 0.15) is 0 Å². The third kappa shape index (κ3) is 8.79. The monoisotopic (exact) mass is 224 g/mol. The molecule has 0 saturated heterocycles. The normalized spacial score (nSPS) is 9.93. The van der Waals surface area contributed by atoms with E-state index in [1.165, 1.54) is 18.4 Å². The number of carbonyl (C=O) groups is 1. The minimum atomic E-state index is -4.45. The first-order valence-electron chi connectivity index (χ1n) is 3.29. The molecule has 0 aliphatic carbocycles. The van der Waals surface area contributed by atoms with Crippen molar-refractivity contribution < 1.29 is 33.2 Å². The number of rotatable bonds is 2. The van der Waals surface area contributed by atoms with Crippen molar-refractivity contribution in [2.75, 3.05) is 0 Å². The van der Waals surface area contributed by atoms with Gasteiger partial charge in [0.25, 0.3) is 11.9 Å². The summed E-state index contributed by atoms with van der Waals surface area (Å²) in [6, 6.07) is 2.77. The van der Waals surface area contributed by atoms with E-state index in [2.05, 4.69) is 8.94 Å². The van der Waals surface area contributed by atoms with Crippen LogP contribution in [0, 0.1) is 0 Å². The lowest BCUT2D eigenvalue weighted by Gasteiger charge is -2.00. The van der Waals surface area contributed by atoms with Crippen molar-refractivity contribution in [2.45, 2.75) is 6.92 Å². The van der Waals surface area contributed by atoms with E-state index in [0.717, 1.165) is 6.92 Å². The van der Waals surface area contributed by atoms with Crippen molar-refractivity contribution >= 4 is 13.8 Å². The van der Waals surface area contributed by atoms with Crippen LogP contribution in [0.2, 0.25) is 0 Å². The summed E-state index contributed by atoms with van der Waals surface area (Å²) in [5.74, 6) is -1.02. The van der Waals surface area contributed by atoms with Crippen LogP contribution >= 0.6 is 7.82 Å². The highest BCUT2D eigenvalue weighted by Crippen LogP contribution is 2.37. The summed E-state index contributed by atoms with van der Waals surface area (Å²) in [6.07, 6.45) is 1.25. The molecule has 0 amide bonds. The van der Waals surface area contributed by atoms with E-state index in [1.807, 2.05) is 0 Å². The van der Waals surface area contributed by atoms with Crippen LogP contribution in [0.3, 0.4) is 0 Å². The molecule has 0 aliphatic heterocycles. The molecule has 1 aromatic heterocycles. The molecule has 0 radical (unpaired) electrons. The van der Waals surface area contributed by atoms with Crippen LogP contribution in [0.1, 0.15) is 6.92 Å². The van der Waals surface area contributed by atoms with Crippen LogP contribution in [-0.2, 0) is 9.36 Å². The van der Waals surface area contributed by atoms with Gasteiger partial charge in [-0.2, -0.15) is 0 Å². The van der Waals surface area contributed by atoms with Crippen LogP contribution in [-0.4, -0.2) is 20.9 Å². The van der Waals surface area contributed by atoms with Crippen LogP contribution in [0.5, 0.6) is 5.95 Å². The maximum Gasteiger partial charge on any atom is 0.527 e. The van der Waals surface area contributed by atoms with E-state index < -0.39 is 13.8 Å². The second-order valence-electron chi connectivity index (χ2n) is 2.03. The molecular formula is C6H9O7P. The molecular weight excluding hydrogens is 215 g/mol. The maximum absolute atomic E-state index is 10.1. The van der Waals surface area contributed by atoms with Crippen LogP contribution in [0.25, 0.3) is 0 Å². The summed E-state index contributed by atoms with van der Waals surface area (Å²) in [7, 11) is -4.45. The molecule has 14 heavy (non-hydrogen) atoms. The van der Waals surface area contributed by atoms with E-state index in [9.17, 15) is 4.57 Å². The Kier molecular flexibility index (Phi) is 4.93. The van der Waals surface area contributed by atoms with E-state index in [-0.39, 0.29) is 5.95 Å². The van der Waals surface area contributed by atoms with Crippen molar-refractivity contribution in [2.24, 2.45) is 0 Å². The van der Waals surface area contributed by atoms with Crippen LogP contribution < -0.4 is 4.52 Å². The van der Waals surface area contributed by atoms with Gasteiger partial charge in [0.15, 0.2) is 0 Å². The highest BCUT2D eigenvalue weighted by molar-refractivity contribution is 7.46. The molecule has 0 aromatic carbocycles. The lowest BCUT2D eigenvalue weighted by atomic mass is 10.7. The number of phosphoric acid groups is 1. The minimum Gasteiger partial charge on any atom is -0.481 e. The van der Waals surface area contributed by atoms with Gasteiger partial charge in [-0.05, 0) is 6.07 Å². The first-order chi connectivity index (χ1) is 6.31. The third-order valence-electron chi connectivity index (χ3n) is 0.704. The van der Waals surface area contributed by atoms with Crippen molar-refractivity contribution in [1.29, 1.82) is 0 Å². The number of phosphoric ester groups is 1. The molecule has 1 aromatic rings. The summed E-state index contributed by atoms with van der Waals surface area (Å²) in [6.45, 7) is 1.08. The number of carboxylic acids is 1. The van der Waals surface area contributed by atoms with Crippen molar-refractivity contribution in [3.05, 3.63) is 18.4 Å². The molecule has 1 rings (SSSR count). The van der Waals surface area contributed by atoms with Gasteiger partial charge in [-0.25, -0.2) is 4.57 Å². The van der Waals surface area contributed by atoms with Gasteiger partial charge in [0.2, 0.25) is 0 Å². The molecule has 1 heterocycles. The van der Waals surface area contributed by atoms with E-state index in [1.54, 1.807) is 0 Å². The summed E-state index contributed by atoms with van der Waals surface area (Å²) in [4.78, 5) is 25.4. The lowest BCUT2D eigenvalue weighted by molar-refractivity contribution is -0.134. The second kappa shape index (κ2) is 5.43. The Hall–Kier alpha value is -1.30. The quantitative estimate of drug-likeness (QED) is 0.637. The zero-order chi connectivity index (χ0) is 11.2. The van der Waals surface area contributed by atoms with Gasteiger partial charge in [-0.3, -0.25) is 14.6 Å². The molecule has 0 bridgehead atoms. The zero-order valence-corrected chi connectivity index (χ0v) is 8.05. The first kappa shape index (κ1) is 12.7. The van der Waals surface area contributed by atoms with Gasteiger partial charge < -0.3 is 14.0 Å². The summed E-state index contributed by atoms with van der Waals surface area (Å²) >= 11 is 0. The van der Waals surface area contributed by atoms with Crippen molar-refractivity contribution in [1.82, 2.24) is 0 Å². The largest absolute Gasteiger partial charge is 0.527 e. The molecule has 0 spiro atoms. The molecule has 3 N–H and O–H groups in total. The number of aliphatic carboxylic acids is 1. The smallest absolute Gasteiger partial charge is 0.481 e. The van der Waals surface area contributed by atoms with Gasteiger partial charge in [-0.15, -0.1) is 0 Å². The Balaban J connectivity index is 0.000000364. The number of carboxylic acid groups (broad SMARTS) is 1. The summed E-state index contributed by atoms with van der Waals surface area (Å²) in [5.41, 5.74) is 0. The highest BCUT2D eigenvalue weighted by atomic mass is 31.2. The van der Waals surface area contributed by atoms with E-state index >= 15 is 0 Å². The average Bonchev–Trinajstić information content (AvgIpc) is 2.33. The van der Waals surface area contributed by atoms with Gasteiger partial charge in [0, 0.05) is 13.0 Å². The van der Waals surface area contributed by atoms with Gasteiger partial charge in [-0.1, -0.05) is 0 Å². The Morgan fingerprint density at radius 3 is 2.36 bits per heavy atom. The van der Waals surface area contributed by atoms with Crippen molar-refractivity contribution in [3.63, 3.8) is 0 Å². The van der Waals surface area contributed by atoms with Crippen molar-refractivity contribution in [3.8, 4) is 5.95 Å². The standard InChI is InChI=1S/C4H5O5P.C2H4O2/c5-10(6,7)9-4-2-1-3-8-4;1-2(3)4/h1-3H,(H2,5,6,7);1H3,(H,3,4). The highest BCUT2D eigenvalue weighted by Gasteiger charge is 2.16. The Bertz CT molecular complexity index is 307. The van der Waals surface area contributed by atoms with E-state index in [4.69, 9.17) is 19.7 Å².